The number of nitrogens with one attached hydrogen (secondary N) is 1. The summed E-state index contributed by atoms with van der Waals surface area (Å²) in [6.45, 7) is 10.8. The Morgan fingerprint density at radius 1 is 1.54 bits per heavy atom. The molecule has 0 bridgehead atoms. The molecule has 0 saturated carbocycles. The SMILES string of the molecule is C=COCCCNC(C)COCC. The summed E-state index contributed by atoms with van der Waals surface area (Å²) in [6.07, 6.45) is 2.48. The molecule has 3 heteroatoms. The van der Waals surface area contributed by atoms with Gasteiger partial charge in [0.25, 0.3) is 0 Å². The van der Waals surface area contributed by atoms with E-state index in [-0.39, 0.29) is 0 Å². The van der Waals surface area contributed by atoms with Gasteiger partial charge in [0.05, 0.1) is 19.5 Å². The zero-order valence-electron chi connectivity index (χ0n) is 8.71. The number of ether oxygens (including phenoxy) is 2. The van der Waals surface area contributed by atoms with E-state index in [1.165, 1.54) is 6.26 Å². The lowest BCUT2D eigenvalue weighted by Crippen LogP contribution is -2.31. The summed E-state index contributed by atoms with van der Waals surface area (Å²) in [5, 5.41) is 3.34. The molecule has 0 spiro atoms. The van der Waals surface area contributed by atoms with Crippen molar-refractivity contribution in [2.45, 2.75) is 26.3 Å². The van der Waals surface area contributed by atoms with Crippen LogP contribution in [0.3, 0.4) is 0 Å². The van der Waals surface area contributed by atoms with Crippen LogP contribution >= 0.6 is 0 Å². The Balaban J connectivity index is 3.07. The molecular weight excluding hydrogens is 166 g/mol. The highest BCUT2D eigenvalue weighted by Gasteiger charge is 1.98. The van der Waals surface area contributed by atoms with Crippen LogP contribution in [-0.2, 0) is 9.47 Å². The molecule has 0 fully saturated rings. The summed E-state index contributed by atoms with van der Waals surface area (Å²) in [7, 11) is 0. The van der Waals surface area contributed by atoms with Crippen molar-refractivity contribution in [1.82, 2.24) is 5.32 Å². The van der Waals surface area contributed by atoms with Crippen molar-refractivity contribution in [2.75, 3.05) is 26.4 Å². The standard InChI is InChI=1S/C10H21NO2/c1-4-12-8-6-7-11-10(3)9-13-5-2/h4,10-11H,1,5-9H2,2-3H3. The Morgan fingerprint density at radius 2 is 2.31 bits per heavy atom. The van der Waals surface area contributed by atoms with Crippen molar-refractivity contribution in [3.63, 3.8) is 0 Å². The quantitative estimate of drug-likeness (QED) is 0.439. The zero-order valence-corrected chi connectivity index (χ0v) is 8.71. The first kappa shape index (κ1) is 12.5. The largest absolute Gasteiger partial charge is 0.502 e. The van der Waals surface area contributed by atoms with Gasteiger partial charge in [-0.05, 0) is 26.8 Å². The summed E-state index contributed by atoms with van der Waals surface area (Å²) in [5.74, 6) is 0. The van der Waals surface area contributed by atoms with E-state index in [0.717, 1.165) is 32.8 Å². The molecule has 0 aromatic rings. The lowest BCUT2D eigenvalue weighted by Gasteiger charge is -2.12. The van der Waals surface area contributed by atoms with Crippen molar-refractivity contribution < 1.29 is 9.47 Å². The van der Waals surface area contributed by atoms with Crippen molar-refractivity contribution in [1.29, 1.82) is 0 Å². The molecule has 0 aromatic heterocycles. The molecule has 13 heavy (non-hydrogen) atoms. The number of rotatable bonds is 9. The second-order valence-electron chi connectivity index (χ2n) is 2.91. The van der Waals surface area contributed by atoms with Gasteiger partial charge in [0.15, 0.2) is 0 Å². The fraction of sp³-hybridized carbons (Fsp3) is 0.800. The molecule has 1 unspecified atom stereocenters. The molecule has 0 aliphatic carbocycles. The van der Waals surface area contributed by atoms with Gasteiger partial charge in [-0.15, -0.1) is 0 Å². The van der Waals surface area contributed by atoms with Gasteiger partial charge in [0.1, 0.15) is 0 Å². The lowest BCUT2D eigenvalue weighted by atomic mass is 10.3. The van der Waals surface area contributed by atoms with Crippen molar-refractivity contribution in [2.24, 2.45) is 0 Å². The third-order valence-electron chi connectivity index (χ3n) is 1.62. The first-order valence-corrected chi connectivity index (χ1v) is 4.84. The molecule has 0 aliphatic heterocycles. The molecule has 0 amide bonds. The van der Waals surface area contributed by atoms with E-state index in [4.69, 9.17) is 9.47 Å². The van der Waals surface area contributed by atoms with E-state index in [0.29, 0.717) is 6.04 Å². The maximum atomic E-state index is 5.26. The molecule has 78 valence electrons. The smallest absolute Gasteiger partial charge is 0.0885 e. The summed E-state index contributed by atoms with van der Waals surface area (Å²) in [4.78, 5) is 0. The molecule has 0 aliphatic rings. The Morgan fingerprint density at radius 3 is 2.92 bits per heavy atom. The predicted molar refractivity (Wildman–Crippen MR) is 54.7 cm³/mol. The highest BCUT2D eigenvalue weighted by atomic mass is 16.5. The van der Waals surface area contributed by atoms with Gasteiger partial charge in [0, 0.05) is 12.6 Å². The molecule has 1 atom stereocenters. The monoisotopic (exact) mass is 187 g/mol. The maximum absolute atomic E-state index is 5.26. The molecular formula is C10H21NO2. The van der Waals surface area contributed by atoms with Gasteiger partial charge in [-0.2, -0.15) is 0 Å². The Bertz CT molecular complexity index is 117. The fourth-order valence-electron chi connectivity index (χ4n) is 0.941. The van der Waals surface area contributed by atoms with E-state index in [1.54, 1.807) is 0 Å². The normalized spacial score (nSPS) is 12.5. The van der Waals surface area contributed by atoms with E-state index >= 15 is 0 Å². The zero-order chi connectivity index (χ0) is 9.94. The molecule has 3 nitrogen and oxygen atoms in total. The average Bonchev–Trinajstić information content (AvgIpc) is 2.14. The predicted octanol–water partition coefficient (Wildman–Crippen LogP) is 1.55. The minimum Gasteiger partial charge on any atom is -0.502 e. The molecule has 0 saturated heterocycles. The van der Waals surface area contributed by atoms with Crippen LogP contribution in [0.4, 0.5) is 0 Å². The van der Waals surface area contributed by atoms with Crippen LogP contribution in [0.25, 0.3) is 0 Å². The molecule has 1 N–H and O–H groups in total. The summed E-state index contributed by atoms with van der Waals surface area (Å²) in [6, 6.07) is 0.420. The van der Waals surface area contributed by atoms with Gasteiger partial charge >= 0.3 is 0 Å². The van der Waals surface area contributed by atoms with Crippen LogP contribution in [0.1, 0.15) is 20.3 Å². The average molecular weight is 187 g/mol. The lowest BCUT2D eigenvalue weighted by molar-refractivity contribution is 0.126. The minimum absolute atomic E-state index is 0.420. The first-order chi connectivity index (χ1) is 6.31. The topological polar surface area (TPSA) is 30.5 Å². The highest BCUT2D eigenvalue weighted by molar-refractivity contribution is 4.59. The van der Waals surface area contributed by atoms with Gasteiger partial charge in [-0.1, -0.05) is 6.58 Å². The van der Waals surface area contributed by atoms with E-state index in [9.17, 15) is 0 Å². The second-order valence-corrected chi connectivity index (χ2v) is 2.91. The van der Waals surface area contributed by atoms with Crippen LogP contribution in [0.5, 0.6) is 0 Å². The van der Waals surface area contributed by atoms with Gasteiger partial charge in [-0.25, -0.2) is 0 Å². The van der Waals surface area contributed by atoms with Crippen molar-refractivity contribution >= 4 is 0 Å². The fourth-order valence-corrected chi connectivity index (χ4v) is 0.941. The highest BCUT2D eigenvalue weighted by Crippen LogP contribution is 1.86. The summed E-state index contributed by atoms with van der Waals surface area (Å²) in [5.41, 5.74) is 0. The summed E-state index contributed by atoms with van der Waals surface area (Å²) >= 11 is 0. The number of hydrogen-bond acceptors (Lipinski definition) is 3. The number of hydrogen-bond donors (Lipinski definition) is 1. The second kappa shape index (κ2) is 9.55. The molecule has 0 aromatic carbocycles. The van der Waals surface area contributed by atoms with E-state index < -0.39 is 0 Å². The third-order valence-corrected chi connectivity index (χ3v) is 1.62. The van der Waals surface area contributed by atoms with Crippen LogP contribution in [0, 0.1) is 0 Å². The molecule has 0 radical (unpaired) electrons. The van der Waals surface area contributed by atoms with Crippen molar-refractivity contribution in [3.8, 4) is 0 Å². The molecule has 0 heterocycles. The maximum Gasteiger partial charge on any atom is 0.0885 e. The Hall–Kier alpha value is -0.540. The minimum atomic E-state index is 0.420. The third kappa shape index (κ3) is 9.37. The molecule has 0 rings (SSSR count). The van der Waals surface area contributed by atoms with Crippen LogP contribution < -0.4 is 5.32 Å². The van der Waals surface area contributed by atoms with E-state index in [1.807, 2.05) is 6.92 Å². The first-order valence-electron chi connectivity index (χ1n) is 4.84. The van der Waals surface area contributed by atoms with Gasteiger partial charge in [0.2, 0.25) is 0 Å². The van der Waals surface area contributed by atoms with Crippen molar-refractivity contribution in [3.05, 3.63) is 12.8 Å². The summed E-state index contributed by atoms with van der Waals surface area (Å²) < 4.78 is 10.3. The van der Waals surface area contributed by atoms with Crippen LogP contribution in [0.15, 0.2) is 12.8 Å². The van der Waals surface area contributed by atoms with Crippen LogP contribution in [-0.4, -0.2) is 32.4 Å². The Labute approximate surface area is 81.1 Å². The van der Waals surface area contributed by atoms with Gasteiger partial charge < -0.3 is 14.8 Å². The van der Waals surface area contributed by atoms with Gasteiger partial charge in [-0.3, -0.25) is 0 Å². The van der Waals surface area contributed by atoms with Crippen LogP contribution in [0.2, 0.25) is 0 Å². The van der Waals surface area contributed by atoms with E-state index in [2.05, 4.69) is 18.8 Å². The Kier molecular flexibility index (Phi) is 9.15.